The molecule has 0 saturated heterocycles. The topological polar surface area (TPSA) is 47.6 Å². The van der Waals surface area contributed by atoms with Gasteiger partial charge in [-0.05, 0) is 18.2 Å². The third-order valence-corrected chi connectivity index (χ3v) is 2.08. The summed E-state index contributed by atoms with van der Waals surface area (Å²) < 4.78 is 10.4. The molecule has 0 aliphatic carbocycles. The van der Waals surface area contributed by atoms with E-state index in [0.29, 0.717) is 11.4 Å². The van der Waals surface area contributed by atoms with Crippen LogP contribution in [0.1, 0.15) is 0 Å². The lowest BCUT2D eigenvalue weighted by Gasteiger charge is -2.09. The van der Waals surface area contributed by atoms with E-state index in [1.54, 1.807) is 12.1 Å². The smallest absolute Gasteiger partial charge is 0.411 e. The number of halogens is 1. The summed E-state index contributed by atoms with van der Waals surface area (Å²) in [7, 11) is 2.84. The van der Waals surface area contributed by atoms with E-state index >= 15 is 0 Å². The molecule has 4 nitrogen and oxygen atoms in total. The summed E-state index contributed by atoms with van der Waals surface area (Å²) in [4.78, 5) is 11.0. The Labute approximate surface area is 90.3 Å². The number of benzene rings is 1. The van der Waals surface area contributed by atoms with Gasteiger partial charge in [-0.25, -0.2) is 4.79 Å². The molecule has 1 rings (SSSR count). The van der Waals surface area contributed by atoms with Crippen molar-refractivity contribution in [3.8, 4) is 5.75 Å². The van der Waals surface area contributed by atoms with Crippen LogP contribution in [-0.4, -0.2) is 20.3 Å². The largest absolute Gasteiger partial charge is 0.495 e. The average molecular weight is 260 g/mol. The van der Waals surface area contributed by atoms with Crippen LogP contribution in [0.25, 0.3) is 0 Å². The Morgan fingerprint density at radius 1 is 1.43 bits per heavy atom. The van der Waals surface area contributed by atoms with Crippen molar-refractivity contribution in [3.05, 3.63) is 22.7 Å². The molecule has 1 amide bonds. The van der Waals surface area contributed by atoms with E-state index in [1.807, 2.05) is 6.07 Å². The molecule has 0 unspecified atom stereocenters. The maximum Gasteiger partial charge on any atom is 0.411 e. The first kappa shape index (κ1) is 10.8. The fraction of sp³-hybridized carbons (Fsp3) is 0.222. The maximum absolute atomic E-state index is 11.0. The van der Waals surface area contributed by atoms with Gasteiger partial charge in [-0.2, -0.15) is 0 Å². The van der Waals surface area contributed by atoms with Crippen molar-refractivity contribution in [1.82, 2.24) is 0 Å². The van der Waals surface area contributed by atoms with Gasteiger partial charge in [0.05, 0.1) is 19.9 Å². The normalized spacial score (nSPS) is 9.36. The van der Waals surface area contributed by atoms with Gasteiger partial charge in [-0.15, -0.1) is 0 Å². The van der Waals surface area contributed by atoms with E-state index in [2.05, 4.69) is 26.0 Å². The predicted molar refractivity (Wildman–Crippen MR) is 56.7 cm³/mol. The molecule has 14 heavy (non-hydrogen) atoms. The molecule has 0 heterocycles. The van der Waals surface area contributed by atoms with E-state index < -0.39 is 6.09 Å². The van der Waals surface area contributed by atoms with Gasteiger partial charge in [-0.1, -0.05) is 15.9 Å². The second kappa shape index (κ2) is 4.85. The summed E-state index contributed by atoms with van der Waals surface area (Å²) in [6.07, 6.45) is -0.526. The maximum atomic E-state index is 11.0. The highest BCUT2D eigenvalue weighted by Gasteiger charge is 2.07. The zero-order chi connectivity index (χ0) is 10.6. The van der Waals surface area contributed by atoms with Crippen molar-refractivity contribution in [2.24, 2.45) is 0 Å². The van der Waals surface area contributed by atoms with E-state index in [9.17, 15) is 4.79 Å². The lowest BCUT2D eigenvalue weighted by atomic mass is 10.3. The van der Waals surface area contributed by atoms with Crippen molar-refractivity contribution in [2.75, 3.05) is 19.5 Å². The number of nitrogens with one attached hydrogen (secondary N) is 1. The van der Waals surface area contributed by atoms with Crippen molar-refractivity contribution in [2.45, 2.75) is 0 Å². The molecule has 0 aliphatic heterocycles. The summed E-state index contributed by atoms with van der Waals surface area (Å²) in [6, 6.07) is 5.30. The Bertz CT molecular complexity index is 341. The van der Waals surface area contributed by atoms with Gasteiger partial charge in [0.15, 0.2) is 0 Å². The van der Waals surface area contributed by atoms with Gasteiger partial charge in [0.2, 0.25) is 0 Å². The molecule has 1 N–H and O–H groups in total. The molecular formula is C9H10BrNO3. The molecule has 5 heteroatoms. The Morgan fingerprint density at radius 3 is 2.71 bits per heavy atom. The highest BCUT2D eigenvalue weighted by atomic mass is 79.9. The molecule has 1 aromatic carbocycles. The minimum atomic E-state index is -0.526. The van der Waals surface area contributed by atoms with Crippen molar-refractivity contribution in [3.63, 3.8) is 0 Å². The molecular weight excluding hydrogens is 250 g/mol. The summed E-state index contributed by atoms with van der Waals surface area (Å²) in [5.74, 6) is 0.582. The third-order valence-electron chi connectivity index (χ3n) is 1.58. The van der Waals surface area contributed by atoms with Crippen molar-refractivity contribution in [1.29, 1.82) is 0 Å². The number of rotatable bonds is 2. The SMILES string of the molecule is COC(=O)Nc1cc(Br)ccc1OC. The molecule has 0 atom stereocenters. The Morgan fingerprint density at radius 2 is 2.14 bits per heavy atom. The van der Waals surface area contributed by atoms with Crippen LogP contribution in [0.15, 0.2) is 22.7 Å². The Hall–Kier alpha value is -1.23. The number of carbonyl (C=O) groups is 1. The minimum Gasteiger partial charge on any atom is -0.495 e. The molecule has 0 aromatic heterocycles. The molecule has 0 spiro atoms. The van der Waals surface area contributed by atoms with Crippen LogP contribution in [0.2, 0.25) is 0 Å². The van der Waals surface area contributed by atoms with Crippen LogP contribution in [-0.2, 0) is 4.74 Å². The standard InChI is InChI=1S/C9H10BrNO3/c1-13-8-4-3-6(10)5-7(8)11-9(12)14-2/h3-5H,1-2H3,(H,11,12). The van der Waals surface area contributed by atoms with Crippen molar-refractivity contribution >= 4 is 27.7 Å². The van der Waals surface area contributed by atoms with Gasteiger partial charge < -0.3 is 9.47 Å². The van der Waals surface area contributed by atoms with Gasteiger partial charge in [0, 0.05) is 4.47 Å². The lowest BCUT2D eigenvalue weighted by molar-refractivity contribution is 0.187. The van der Waals surface area contributed by atoms with Crippen LogP contribution in [0, 0.1) is 0 Å². The van der Waals surface area contributed by atoms with Crippen LogP contribution < -0.4 is 10.1 Å². The summed E-state index contributed by atoms with van der Waals surface area (Å²) in [5, 5.41) is 2.54. The number of hydrogen-bond donors (Lipinski definition) is 1. The molecule has 0 bridgehead atoms. The lowest BCUT2D eigenvalue weighted by Crippen LogP contribution is -2.11. The summed E-state index contributed by atoms with van der Waals surface area (Å²) in [5.41, 5.74) is 0.564. The van der Waals surface area contributed by atoms with Crippen LogP contribution in [0.4, 0.5) is 10.5 Å². The van der Waals surface area contributed by atoms with Crippen LogP contribution in [0.3, 0.4) is 0 Å². The molecule has 0 saturated carbocycles. The summed E-state index contributed by atoms with van der Waals surface area (Å²) >= 11 is 3.29. The predicted octanol–water partition coefficient (Wildman–Crippen LogP) is 2.64. The fourth-order valence-electron chi connectivity index (χ4n) is 0.939. The number of amides is 1. The van der Waals surface area contributed by atoms with Gasteiger partial charge in [-0.3, -0.25) is 5.32 Å². The average Bonchev–Trinajstić information content (AvgIpc) is 2.18. The third kappa shape index (κ3) is 2.63. The van der Waals surface area contributed by atoms with Crippen LogP contribution >= 0.6 is 15.9 Å². The quantitative estimate of drug-likeness (QED) is 0.889. The molecule has 0 radical (unpaired) electrons. The second-order valence-corrected chi connectivity index (χ2v) is 3.38. The van der Waals surface area contributed by atoms with E-state index in [1.165, 1.54) is 14.2 Å². The Kier molecular flexibility index (Phi) is 3.76. The second-order valence-electron chi connectivity index (χ2n) is 2.46. The molecule has 76 valence electrons. The summed E-state index contributed by atoms with van der Waals surface area (Å²) in [6.45, 7) is 0. The monoisotopic (exact) mass is 259 g/mol. The zero-order valence-corrected chi connectivity index (χ0v) is 9.42. The highest BCUT2D eigenvalue weighted by Crippen LogP contribution is 2.27. The Balaban J connectivity index is 2.93. The molecule has 0 fully saturated rings. The first-order valence-electron chi connectivity index (χ1n) is 3.86. The molecule has 0 aliphatic rings. The van der Waals surface area contributed by atoms with Crippen LogP contribution in [0.5, 0.6) is 5.75 Å². The number of hydrogen-bond acceptors (Lipinski definition) is 3. The van der Waals surface area contributed by atoms with Crippen molar-refractivity contribution < 1.29 is 14.3 Å². The van der Waals surface area contributed by atoms with E-state index in [4.69, 9.17) is 4.74 Å². The molecule has 1 aromatic rings. The van der Waals surface area contributed by atoms with Gasteiger partial charge in [0.1, 0.15) is 5.75 Å². The number of anilines is 1. The zero-order valence-electron chi connectivity index (χ0n) is 7.83. The fourth-order valence-corrected chi connectivity index (χ4v) is 1.30. The highest BCUT2D eigenvalue weighted by molar-refractivity contribution is 9.10. The number of methoxy groups -OCH3 is 2. The van der Waals surface area contributed by atoms with E-state index in [-0.39, 0.29) is 0 Å². The van der Waals surface area contributed by atoms with Gasteiger partial charge >= 0.3 is 6.09 Å². The number of carbonyl (C=O) groups excluding carboxylic acids is 1. The number of ether oxygens (including phenoxy) is 2. The van der Waals surface area contributed by atoms with E-state index in [0.717, 1.165) is 4.47 Å². The first-order valence-corrected chi connectivity index (χ1v) is 4.65. The van der Waals surface area contributed by atoms with Gasteiger partial charge in [0.25, 0.3) is 0 Å². The first-order chi connectivity index (χ1) is 6.67. The minimum absolute atomic E-state index is 0.526.